The molecule has 0 aliphatic heterocycles. The number of sulfonamides is 1. The molecule has 8 nitrogen and oxygen atoms in total. The molecular formula is C28H28N4O4S2. The van der Waals surface area contributed by atoms with Crippen molar-refractivity contribution in [1.29, 1.82) is 0 Å². The van der Waals surface area contributed by atoms with E-state index in [-0.39, 0.29) is 4.90 Å². The van der Waals surface area contributed by atoms with Crippen LogP contribution in [0, 0.1) is 13.8 Å². The van der Waals surface area contributed by atoms with Gasteiger partial charge in [0.05, 0.1) is 17.0 Å². The molecule has 2 aliphatic carbocycles. The summed E-state index contributed by atoms with van der Waals surface area (Å²) in [5.74, 6) is 0.818. The summed E-state index contributed by atoms with van der Waals surface area (Å²) in [6.45, 7) is 4.85. The third-order valence-corrected chi connectivity index (χ3v) is 8.56. The van der Waals surface area contributed by atoms with Gasteiger partial charge in [-0.05, 0) is 74.6 Å². The molecule has 0 unspecified atom stereocenters. The van der Waals surface area contributed by atoms with E-state index in [2.05, 4.69) is 23.6 Å². The van der Waals surface area contributed by atoms with Gasteiger partial charge in [0, 0.05) is 21.4 Å². The summed E-state index contributed by atoms with van der Waals surface area (Å²) in [6, 6.07) is 14.1. The summed E-state index contributed by atoms with van der Waals surface area (Å²) >= 11 is 1.67. The number of thiophene rings is 1. The molecule has 0 amide bonds. The predicted octanol–water partition coefficient (Wildman–Crippen LogP) is 5.17. The number of carbonyl (C=O) groups is 1. The van der Waals surface area contributed by atoms with Crippen LogP contribution in [0.5, 0.6) is 0 Å². The number of aromatic nitrogens is 3. The minimum Gasteiger partial charge on any atom is -0.478 e. The molecule has 196 valence electrons. The largest absolute Gasteiger partial charge is 0.478 e. The monoisotopic (exact) mass is 548 g/mol. The molecule has 4 aromatic rings. The van der Waals surface area contributed by atoms with Gasteiger partial charge in [-0.25, -0.2) is 28.3 Å². The molecule has 1 saturated carbocycles. The Kier molecular flexibility index (Phi) is 7.04. The number of rotatable bonds is 6. The van der Waals surface area contributed by atoms with Crippen LogP contribution >= 0.6 is 11.3 Å². The van der Waals surface area contributed by atoms with E-state index in [0.29, 0.717) is 17.9 Å². The van der Waals surface area contributed by atoms with E-state index in [9.17, 15) is 18.3 Å². The smallest absolute Gasteiger partial charge is 0.336 e. The molecule has 1 aromatic carbocycles. The number of imidazole rings is 1. The number of carboxylic acids is 1. The zero-order valence-corrected chi connectivity index (χ0v) is 22.7. The van der Waals surface area contributed by atoms with E-state index in [4.69, 9.17) is 15.1 Å². The van der Waals surface area contributed by atoms with Gasteiger partial charge in [-0.1, -0.05) is 30.4 Å². The normalized spacial score (nSPS) is 15.1. The van der Waals surface area contributed by atoms with E-state index in [1.54, 1.807) is 35.6 Å². The Morgan fingerprint density at radius 1 is 1.13 bits per heavy atom. The van der Waals surface area contributed by atoms with Crippen LogP contribution in [-0.2, 0) is 21.4 Å². The maximum atomic E-state index is 11.5. The van der Waals surface area contributed by atoms with Gasteiger partial charge in [-0.3, -0.25) is 0 Å². The number of hydrogen-bond donors (Lipinski definition) is 2. The van der Waals surface area contributed by atoms with Crippen molar-refractivity contribution in [2.45, 2.75) is 50.5 Å². The van der Waals surface area contributed by atoms with Gasteiger partial charge >= 0.3 is 5.97 Å². The third-order valence-electron chi connectivity index (χ3n) is 6.50. The average molecular weight is 549 g/mol. The Hall–Kier alpha value is -3.60. The molecule has 0 bridgehead atoms. The Labute approximate surface area is 225 Å². The quantitative estimate of drug-likeness (QED) is 0.342. The first-order valence-corrected chi connectivity index (χ1v) is 14.6. The van der Waals surface area contributed by atoms with Gasteiger partial charge < -0.3 is 9.67 Å². The van der Waals surface area contributed by atoms with Crippen molar-refractivity contribution in [2.75, 3.05) is 0 Å². The topological polar surface area (TPSA) is 128 Å². The molecule has 2 aliphatic rings. The second-order valence-corrected chi connectivity index (χ2v) is 12.2. The molecule has 38 heavy (non-hydrogen) atoms. The van der Waals surface area contributed by atoms with E-state index < -0.39 is 16.0 Å². The van der Waals surface area contributed by atoms with Crippen molar-refractivity contribution in [1.82, 2.24) is 14.5 Å². The third kappa shape index (κ3) is 5.47. The maximum Gasteiger partial charge on any atom is 0.336 e. The van der Waals surface area contributed by atoms with Crippen molar-refractivity contribution < 1.29 is 18.3 Å². The zero-order valence-electron chi connectivity index (χ0n) is 21.1. The van der Waals surface area contributed by atoms with Gasteiger partial charge in [0.1, 0.15) is 11.3 Å². The van der Waals surface area contributed by atoms with Crippen LogP contribution in [0.2, 0.25) is 0 Å². The fourth-order valence-corrected chi connectivity index (χ4v) is 6.16. The number of hydrogen-bond acceptors (Lipinski definition) is 6. The number of carboxylic acid groups (broad SMARTS) is 1. The van der Waals surface area contributed by atoms with Crippen LogP contribution in [0.4, 0.5) is 0 Å². The summed E-state index contributed by atoms with van der Waals surface area (Å²) in [7, 11) is -3.50. The summed E-state index contributed by atoms with van der Waals surface area (Å²) in [5, 5.41) is 14.2. The van der Waals surface area contributed by atoms with E-state index in [1.807, 2.05) is 19.1 Å². The molecule has 3 aromatic heterocycles. The maximum absolute atomic E-state index is 11.5. The standard InChI is InChI=1S/C22H21N3O2S.C6H7NO2S/c1-12-10-13(2)23-21-19(12)24-20(14-6-7-14)25(21)11-15-8-9-18(28-15)16-4-3-5-17(16)22(26)27;7-10(8,9)6-4-2-1-3-5-6/h3,5,8-10,14H,4,6-7,11H2,1-2H3,(H,26,27);1-5H,(H2,7,8,9). The number of allylic oxidation sites excluding steroid dienone is 2. The molecule has 10 heteroatoms. The number of benzene rings is 1. The predicted molar refractivity (Wildman–Crippen MR) is 149 cm³/mol. The summed E-state index contributed by atoms with van der Waals surface area (Å²) in [4.78, 5) is 23.6. The molecule has 6 rings (SSSR count). The Morgan fingerprint density at radius 3 is 2.50 bits per heavy atom. The van der Waals surface area contributed by atoms with Gasteiger partial charge in [0.2, 0.25) is 10.0 Å². The van der Waals surface area contributed by atoms with Crippen molar-refractivity contribution in [3.8, 4) is 0 Å². The minimum atomic E-state index is -3.50. The highest BCUT2D eigenvalue weighted by molar-refractivity contribution is 7.89. The average Bonchev–Trinajstić information content (AvgIpc) is 3.25. The van der Waals surface area contributed by atoms with Gasteiger partial charge in [-0.15, -0.1) is 11.3 Å². The first-order chi connectivity index (χ1) is 18.1. The van der Waals surface area contributed by atoms with Gasteiger partial charge in [0.25, 0.3) is 0 Å². The molecule has 0 radical (unpaired) electrons. The summed E-state index contributed by atoms with van der Waals surface area (Å²) < 4.78 is 23.5. The molecule has 0 spiro atoms. The Bertz CT molecular complexity index is 1700. The lowest BCUT2D eigenvalue weighted by molar-refractivity contribution is -0.132. The minimum absolute atomic E-state index is 0.148. The first kappa shape index (κ1) is 26.0. The molecular weight excluding hydrogens is 520 g/mol. The number of aliphatic carboxylic acids is 1. The van der Waals surface area contributed by atoms with E-state index >= 15 is 0 Å². The fourth-order valence-electron chi connectivity index (χ4n) is 4.56. The highest BCUT2D eigenvalue weighted by Gasteiger charge is 2.30. The van der Waals surface area contributed by atoms with Crippen LogP contribution in [0.1, 0.15) is 52.0 Å². The number of fused-ring (bicyclic) bond motifs is 1. The first-order valence-electron chi connectivity index (χ1n) is 12.3. The Morgan fingerprint density at radius 2 is 1.87 bits per heavy atom. The van der Waals surface area contributed by atoms with Crippen LogP contribution < -0.4 is 5.14 Å². The molecule has 0 atom stereocenters. The van der Waals surface area contributed by atoms with Crippen LogP contribution in [0.3, 0.4) is 0 Å². The van der Waals surface area contributed by atoms with Gasteiger partial charge in [-0.2, -0.15) is 0 Å². The molecule has 1 fully saturated rings. The second kappa shape index (κ2) is 10.3. The fraction of sp³-hybridized carbons (Fsp3) is 0.250. The van der Waals surface area contributed by atoms with Crippen LogP contribution in [0.25, 0.3) is 16.7 Å². The highest BCUT2D eigenvalue weighted by Crippen LogP contribution is 2.41. The molecule has 3 heterocycles. The summed E-state index contributed by atoms with van der Waals surface area (Å²) in [5.41, 5.74) is 5.46. The molecule has 3 N–H and O–H groups in total. The number of aryl methyl sites for hydroxylation is 2. The van der Waals surface area contributed by atoms with Crippen molar-refractivity contribution in [3.05, 3.63) is 93.1 Å². The number of nitrogens with two attached hydrogens (primary N) is 1. The van der Waals surface area contributed by atoms with Crippen molar-refractivity contribution >= 4 is 44.1 Å². The molecule has 0 saturated heterocycles. The van der Waals surface area contributed by atoms with E-state index in [0.717, 1.165) is 39.7 Å². The van der Waals surface area contributed by atoms with E-state index in [1.165, 1.54) is 35.4 Å². The lowest BCUT2D eigenvalue weighted by atomic mass is 10.1. The van der Waals surface area contributed by atoms with Gasteiger partial charge in [0.15, 0.2) is 5.65 Å². The number of pyridine rings is 1. The van der Waals surface area contributed by atoms with Crippen LogP contribution in [0.15, 0.2) is 71.2 Å². The lowest BCUT2D eigenvalue weighted by Crippen LogP contribution is -2.11. The Balaban J connectivity index is 0.000000249. The number of primary sulfonamides is 1. The van der Waals surface area contributed by atoms with Crippen molar-refractivity contribution in [3.63, 3.8) is 0 Å². The second-order valence-electron chi connectivity index (χ2n) is 9.51. The SMILES string of the molecule is Cc1cc(C)c2nc(C3CC3)n(Cc3ccc(C4=C(C(=O)O)C=CC4)s3)c2n1.NS(=O)(=O)c1ccccc1. The summed E-state index contributed by atoms with van der Waals surface area (Å²) in [6.07, 6.45) is 6.70. The highest BCUT2D eigenvalue weighted by atomic mass is 32.2. The zero-order chi connectivity index (χ0) is 27.0. The number of nitrogens with zero attached hydrogens (tertiary/aromatic N) is 3. The van der Waals surface area contributed by atoms with Crippen LogP contribution in [-0.4, -0.2) is 34.0 Å². The lowest BCUT2D eigenvalue weighted by Gasteiger charge is -2.07. The van der Waals surface area contributed by atoms with Crippen molar-refractivity contribution in [2.24, 2.45) is 5.14 Å².